The molecule has 1 N–H and O–H groups in total. The highest BCUT2D eigenvalue weighted by molar-refractivity contribution is 5.88. The monoisotopic (exact) mass is 163 g/mol. The van der Waals surface area contributed by atoms with Crippen molar-refractivity contribution in [1.82, 2.24) is 0 Å². The Morgan fingerprint density at radius 2 is 1.75 bits per heavy atom. The van der Waals surface area contributed by atoms with Gasteiger partial charge in [-0.3, -0.25) is 0 Å². The summed E-state index contributed by atoms with van der Waals surface area (Å²) in [5.74, 6) is -0.639. The largest absolute Gasteiger partial charge is 0.859 e. The molecule has 0 spiro atoms. The zero-order valence-electron chi connectivity index (χ0n) is 7.16. The molecule has 0 saturated carbocycles. The fourth-order valence-corrected chi connectivity index (χ4v) is 0.911. The second-order valence-corrected chi connectivity index (χ2v) is 2.77. The van der Waals surface area contributed by atoms with E-state index in [2.05, 4.69) is 0 Å². The maximum atomic E-state index is 10.6. The van der Waals surface area contributed by atoms with Crippen molar-refractivity contribution in [2.75, 3.05) is 19.0 Å². The fourth-order valence-electron chi connectivity index (χ4n) is 0.911. The highest BCUT2D eigenvalue weighted by Gasteiger charge is 1.94. The van der Waals surface area contributed by atoms with Crippen LogP contribution < -0.4 is 10.0 Å². The van der Waals surface area contributed by atoms with Crippen LogP contribution in [0.25, 0.3) is 0 Å². The van der Waals surface area contributed by atoms with Gasteiger partial charge in [0.15, 0.2) is 0 Å². The van der Waals surface area contributed by atoms with E-state index < -0.39 is 5.90 Å². The quantitative estimate of drug-likeness (QED) is 0.508. The van der Waals surface area contributed by atoms with Crippen LogP contribution >= 0.6 is 0 Å². The number of hydrogen-bond acceptors (Lipinski definition) is 3. The third-order valence-electron chi connectivity index (χ3n) is 1.65. The molecular formula is C9H11N2O-. The van der Waals surface area contributed by atoms with E-state index in [1.807, 2.05) is 31.1 Å². The summed E-state index contributed by atoms with van der Waals surface area (Å²) in [5, 5.41) is 17.4. The van der Waals surface area contributed by atoms with E-state index in [1.165, 1.54) is 0 Å². The van der Waals surface area contributed by atoms with E-state index in [-0.39, 0.29) is 0 Å². The number of anilines is 1. The molecule has 12 heavy (non-hydrogen) atoms. The first-order chi connectivity index (χ1) is 5.61. The molecule has 0 radical (unpaired) electrons. The number of nitrogens with zero attached hydrogens (tertiary/aromatic N) is 1. The van der Waals surface area contributed by atoms with Crippen molar-refractivity contribution in [2.45, 2.75) is 0 Å². The van der Waals surface area contributed by atoms with Crippen molar-refractivity contribution < 1.29 is 5.11 Å². The lowest BCUT2D eigenvalue weighted by Gasteiger charge is -2.13. The lowest BCUT2D eigenvalue weighted by Crippen LogP contribution is -2.17. The zero-order chi connectivity index (χ0) is 9.14. The molecule has 0 atom stereocenters. The van der Waals surface area contributed by atoms with Crippen LogP contribution in [-0.2, 0) is 0 Å². The van der Waals surface area contributed by atoms with Gasteiger partial charge in [-0.25, -0.2) is 0 Å². The Morgan fingerprint density at radius 1 is 1.25 bits per heavy atom. The molecule has 1 aromatic carbocycles. The number of rotatable bonds is 2. The van der Waals surface area contributed by atoms with Gasteiger partial charge in [0.05, 0.1) is 0 Å². The highest BCUT2D eigenvalue weighted by atomic mass is 16.3. The normalized spacial score (nSPS) is 9.50. The average Bonchev–Trinajstić information content (AvgIpc) is 2.04. The minimum absolute atomic E-state index is 0.431. The van der Waals surface area contributed by atoms with Crippen molar-refractivity contribution in [3.63, 3.8) is 0 Å². The molecule has 3 heteroatoms. The molecule has 0 unspecified atom stereocenters. The molecule has 1 rings (SSSR count). The van der Waals surface area contributed by atoms with Crippen LogP contribution in [0.1, 0.15) is 5.56 Å². The smallest absolute Gasteiger partial charge is 0.0361 e. The molecule has 0 fully saturated rings. The van der Waals surface area contributed by atoms with Crippen molar-refractivity contribution in [1.29, 1.82) is 5.41 Å². The van der Waals surface area contributed by atoms with Gasteiger partial charge in [0.25, 0.3) is 0 Å². The third-order valence-corrected chi connectivity index (χ3v) is 1.65. The minimum Gasteiger partial charge on any atom is -0.859 e. The lowest BCUT2D eigenvalue weighted by molar-refractivity contribution is -0.214. The summed E-state index contributed by atoms with van der Waals surface area (Å²) in [6.45, 7) is 0. The van der Waals surface area contributed by atoms with Crippen molar-refractivity contribution in [3.8, 4) is 0 Å². The molecule has 1 aromatic rings. The summed E-state index contributed by atoms with van der Waals surface area (Å²) in [7, 11) is 3.86. The van der Waals surface area contributed by atoms with Crippen LogP contribution in [0.3, 0.4) is 0 Å². The Kier molecular flexibility index (Phi) is 2.33. The maximum Gasteiger partial charge on any atom is 0.0361 e. The molecule has 0 amide bonds. The van der Waals surface area contributed by atoms with Crippen LogP contribution in [0, 0.1) is 5.41 Å². The van der Waals surface area contributed by atoms with Crippen LogP contribution in [0.2, 0.25) is 0 Å². The topological polar surface area (TPSA) is 50.2 Å². The van der Waals surface area contributed by atoms with E-state index in [0.717, 1.165) is 5.69 Å². The van der Waals surface area contributed by atoms with Gasteiger partial charge in [-0.1, -0.05) is 12.1 Å². The van der Waals surface area contributed by atoms with E-state index in [1.54, 1.807) is 12.1 Å². The molecule has 0 bridgehead atoms. The first-order valence-electron chi connectivity index (χ1n) is 3.64. The van der Waals surface area contributed by atoms with Crippen molar-refractivity contribution >= 4 is 11.6 Å². The Hall–Kier alpha value is -1.51. The number of hydrogen-bond donors (Lipinski definition) is 1. The average molecular weight is 163 g/mol. The van der Waals surface area contributed by atoms with Crippen LogP contribution in [-0.4, -0.2) is 20.0 Å². The molecule has 0 saturated heterocycles. The molecule has 0 aliphatic heterocycles. The molecule has 0 heterocycles. The van der Waals surface area contributed by atoms with Gasteiger partial charge in [-0.15, -0.1) is 0 Å². The third kappa shape index (κ3) is 1.75. The van der Waals surface area contributed by atoms with Gasteiger partial charge in [0.1, 0.15) is 0 Å². The molecular weight excluding hydrogens is 152 g/mol. The van der Waals surface area contributed by atoms with E-state index in [0.29, 0.717) is 5.56 Å². The lowest BCUT2D eigenvalue weighted by atomic mass is 10.2. The van der Waals surface area contributed by atoms with Gasteiger partial charge in [0, 0.05) is 19.8 Å². The van der Waals surface area contributed by atoms with Gasteiger partial charge in [0.2, 0.25) is 0 Å². The predicted molar refractivity (Wildman–Crippen MR) is 47.6 cm³/mol. The summed E-state index contributed by atoms with van der Waals surface area (Å²) >= 11 is 0. The molecule has 64 valence electrons. The van der Waals surface area contributed by atoms with Crippen molar-refractivity contribution in [3.05, 3.63) is 29.8 Å². The first-order valence-corrected chi connectivity index (χ1v) is 3.64. The number of benzene rings is 1. The van der Waals surface area contributed by atoms with Gasteiger partial charge >= 0.3 is 0 Å². The maximum absolute atomic E-state index is 10.6. The molecule has 0 aromatic heterocycles. The van der Waals surface area contributed by atoms with Crippen LogP contribution in [0.4, 0.5) is 5.69 Å². The Morgan fingerprint density at radius 3 is 2.08 bits per heavy atom. The summed E-state index contributed by atoms with van der Waals surface area (Å²) in [4.78, 5) is 1.94. The van der Waals surface area contributed by atoms with E-state index in [4.69, 9.17) is 5.41 Å². The molecule has 0 aliphatic rings. The minimum atomic E-state index is -0.639. The molecule has 3 nitrogen and oxygen atoms in total. The van der Waals surface area contributed by atoms with Gasteiger partial charge in [-0.05, 0) is 23.6 Å². The van der Waals surface area contributed by atoms with Gasteiger partial charge < -0.3 is 15.4 Å². The van der Waals surface area contributed by atoms with Crippen LogP contribution in [0.5, 0.6) is 0 Å². The fraction of sp³-hybridized carbons (Fsp3) is 0.222. The standard InChI is InChI=1S/C9H12N2O/c1-11(2)8-5-3-7(4-6-8)9(10)12/h3-6H,1-2H3,(H2,10,12)/p-1. The second-order valence-electron chi connectivity index (χ2n) is 2.77. The number of nitrogens with one attached hydrogen (secondary N) is 1. The second kappa shape index (κ2) is 3.26. The van der Waals surface area contributed by atoms with Crippen molar-refractivity contribution in [2.24, 2.45) is 0 Å². The highest BCUT2D eigenvalue weighted by Crippen LogP contribution is 2.11. The van der Waals surface area contributed by atoms with E-state index in [9.17, 15) is 5.11 Å². The Bertz CT molecular complexity index is 277. The first kappa shape index (κ1) is 8.59. The van der Waals surface area contributed by atoms with Crippen LogP contribution in [0.15, 0.2) is 24.3 Å². The summed E-state index contributed by atoms with van der Waals surface area (Å²) in [6.07, 6.45) is 0. The summed E-state index contributed by atoms with van der Waals surface area (Å²) in [5.41, 5.74) is 1.46. The van der Waals surface area contributed by atoms with E-state index >= 15 is 0 Å². The Labute approximate surface area is 71.8 Å². The SMILES string of the molecule is CN(C)c1ccc(C(=N)[O-])cc1. The Balaban J connectivity index is 2.93. The van der Waals surface area contributed by atoms with Gasteiger partial charge in [-0.2, -0.15) is 0 Å². The molecule has 0 aliphatic carbocycles. The summed E-state index contributed by atoms with van der Waals surface area (Å²) < 4.78 is 0. The zero-order valence-corrected chi connectivity index (χ0v) is 7.16. The predicted octanol–water partition coefficient (Wildman–Crippen LogP) is 0.438. The summed E-state index contributed by atoms with van der Waals surface area (Å²) in [6, 6.07) is 6.96.